The number of aryl methyl sites for hydroxylation is 2. The standard InChI is InChI=1S/C15H13ClN2O.C11H14N2O/c1-10-6-13(9-17-8-10)18-5-4-11-7-12(16)2-3-14(11)15(18)19;1-8-3-10(5-12-4-8)11(14)13-6-9(2)7-13/h2-3,6-9H,4-5H2,1H3;3-5,9H,6-7H2,1-2H3. The molecule has 2 amide bonds. The minimum absolute atomic E-state index is 0.0188. The van der Waals surface area contributed by atoms with Crippen LogP contribution in [0.2, 0.25) is 5.02 Å². The molecule has 0 aliphatic carbocycles. The first-order valence-corrected chi connectivity index (χ1v) is 11.4. The number of halogens is 1. The van der Waals surface area contributed by atoms with Crippen LogP contribution < -0.4 is 4.90 Å². The third-order valence-electron chi connectivity index (χ3n) is 5.79. The van der Waals surface area contributed by atoms with Gasteiger partial charge in [0.15, 0.2) is 0 Å². The predicted octanol–water partition coefficient (Wildman–Crippen LogP) is 4.73. The smallest absolute Gasteiger partial charge is 0.258 e. The first-order valence-electron chi connectivity index (χ1n) is 11.0. The normalized spacial score (nSPS) is 15.3. The summed E-state index contributed by atoms with van der Waals surface area (Å²) in [4.78, 5) is 36.1. The molecule has 0 N–H and O–H groups in total. The summed E-state index contributed by atoms with van der Waals surface area (Å²) in [6.45, 7) is 8.50. The molecule has 1 saturated heterocycles. The van der Waals surface area contributed by atoms with Crippen molar-refractivity contribution in [3.8, 4) is 0 Å². The molecule has 3 aromatic rings. The van der Waals surface area contributed by atoms with Gasteiger partial charge in [0.2, 0.25) is 0 Å². The largest absolute Gasteiger partial charge is 0.338 e. The van der Waals surface area contributed by atoms with Crippen LogP contribution in [-0.4, -0.2) is 46.3 Å². The number of anilines is 1. The van der Waals surface area contributed by atoms with Crippen molar-refractivity contribution in [1.29, 1.82) is 0 Å². The van der Waals surface area contributed by atoms with Crippen molar-refractivity contribution >= 4 is 29.1 Å². The molecule has 2 aromatic heterocycles. The van der Waals surface area contributed by atoms with Gasteiger partial charge in [-0.3, -0.25) is 19.6 Å². The maximum Gasteiger partial charge on any atom is 0.258 e. The van der Waals surface area contributed by atoms with E-state index in [1.807, 2.05) is 36.9 Å². The molecule has 33 heavy (non-hydrogen) atoms. The van der Waals surface area contributed by atoms with Crippen LogP contribution in [-0.2, 0) is 6.42 Å². The number of carbonyl (C=O) groups is 2. The number of fused-ring (bicyclic) bond motifs is 1. The van der Waals surface area contributed by atoms with Gasteiger partial charge < -0.3 is 9.80 Å². The second-order valence-corrected chi connectivity index (χ2v) is 9.23. The molecular formula is C26H27ClN4O2. The van der Waals surface area contributed by atoms with Gasteiger partial charge in [-0.2, -0.15) is 0 Å². The van der Waals surface area contributed by atoms with Crippen LogP contribution in [0.4, 0.5) is 5.69 Å². The van der Waals surface area contributed by atoms with Crippen molar-refractivity contribution in [1.82, 2.24) is 14.9 Å². The maximum atomic E-state index is 12.5. The van der Waals surface area contributed by atoms with Crippen molar-refractivity contribution in [3.05, 3.63) is 88.0 Å². The van der Waals surface area contributed by atoms with Gasteiger partial charge in [-0.25, -0.2) is 0 Å². The molecule has 4 heterocycles. The third kappa shape index (κ3) is 5.22. The van der Waals surface area contributed by atoms with E-state index in [9.17, 15) is 9.59 Å². The number of likely N-dealkylation sites (tertiary alicyclic amines) is 1. The molecule has 0 spiro atoms. The summed E-state index contributed by atoms with van der Waals surface area (Å²) in [7, 11) is 0. The van der Waals surface area contributed by atoms with Crippen LogP contribution >= 0.6 is 11.6 Å². The Balaban J connectivity index is 0.000000165. The van der Waals surface area contributed by atoms with Crippen molar-refractivity contribution in [3.63, 3.8) is 0 Å². The third-order valence-corrected chi connectivity index (χ3v) is 6.03. The monoisotopic (exact) mass is 462 g/mol. The Hall–Kier alpha value is -3.25. The number of nitrogens with zero attached hydrogens (tertiary/aromatic N) is 4. The summed E-state index contributed by atoms with van der Waals surface area (Å²) in [5, 5.41) is 0.678. The topological polar surface area (TPSA) is 66.4 Å². The van der Waals surface area contributed by atoms with Crippen LogP contribution in [0.5, 0.6) is 0 Å². The maximum absolute atomic E-state index is 12.5. The van der Waals surface area contributed by atoms with Crippen LogP contribution in [0.15, 0.2) is 55.1 Å². The van der Waals surface area contributed by atoms with Gasteiger partial charge in [0.1, 0.15) is 0 Å². The van der Waals surface area contributed by atoms with E-state index in [1.54, 1.807) is 41.8 Å². The SMILES string of the molecule is Cc1cncc(C(=O)N2CC(C)C2)c1.Cc1cncc(N2CCc3cc(Cl)ccc3C2=O)c1. The molecule has 0 atom stereocenters. The Morgan fingerprint density at radius 1 is 1.00 bits per heavy atom. The Morgan fingerprint density at radius 3 is 2.36 bits per heavy atom. The highest BCUT2D eigenvalue weighted by Crippen LogP contribution is 2.26. The molecule has 0 radical (unpaired) electrons. The first-order chi connectivity index (χ1) is 15.8. The fourth-order valence-electron chi connectivity index (χ4n) is 4.11. The summed E-state index contributed by atoms with van der Waals surface area (Å²) in [6, 6.07) is 9.30. The Morgan fingerprint density at radius 2 is 1.70 bits per heavy atom. The highest BCUT2D eigenvalue weighted by Gasteiger charge is 2.28. The van der Waals surface area contributed by atoms with E-state index in [-0.39, 0.29) is 11.8 Å². The molecule has 2 aliphatic heterocycles. The van der Waals surface area contributed by atoms with Crippen LogP contribution in [0.25, 0.3) is 0 Å². The molecule has 7 heteroatoms. The molecule has 1 fully saturated rings. The summed E-state index contributed by atoms with van der Waals surface area (Å²) in [6.07, 6.45) is 7.72. The zero-order valence-electron chi connectivity index (χ0n) is 19.1. The van der Waals surface area contributed by atoms with Crippen molar-refractivity contribution in [2.75, 3.05) is 24.5 Å². The van der Waals surface area contributed by atoms with Crippen LogP contribution in [0.1, 0.15) is 44.3 Å². The number of aromatic nitrogens is 2. The quantitative estimate of drug-likeness (QED) is 0.552. The number of hydrogen-bond donors (Lipinski definition) is 0. The second kappa shape index (κ2) is 9.71. The van der Waals surface area contributed by atoms with E-state index in [0.717, 1.165) is 47.5 Å². The number of carbonyl (C=O) groups excluding carboxylic acids is 2. The van der Waals surface area contributed by atoms with Gasteiger partial charge in [-0.1, -0.05) is 18.5 Å². The lowest BCUT2D eigenvalue weighted by Gasteiger charge is -2.37. The molecular weight excluding hydrogens is 436 g/mol. The number of hydrogen-bond acceptors (Lipinski definition) is 4. The fourth-order valence-corrected chi connectivity index (χ4v) is 4.30. The Bertz CT molecular complexity index is 1190. The molecule has 6 nitrogen and oxygen atoms in total. The number of rotatable bonds is 2. The van der Waals surface area contributed by atoms with E-state index >= 15 is 0 Å². The molecule has 0 unspecified atom stereocenters. The van der Waals surface area contributed by atoms with Crippen molar-refractivity contribution in [2.45, 2.75) is 27.2 Å². The zero-order valence-corrected chi connectivity index (χ0v) is 19.8. The average molecular weight is 463 g/mol. The summed E-state index contributed by atoms with van der Waals surface area (Å²) in [5.74, 6) is 0.779. The lowest BCUT2D eigenvalue weighted by atomic mass is 9.98. The summed E-state index contributed by atoms with van der Waals surface area (Å²) >= 11 is 5.96. The van der Waals surface area contributed by atoms with Gasteiger partial charge in [-0.15, -0.1) is 0 Å². The summed E-state index contributed by atoms with van der Waals surface area (Å²) < 4.78 is 0. The van der Waals surface area contributed by atoms with E-state index in [1.165, 1.54) is 0 Å². The van der Waals surface area contributed by atoms with Crippen molar-refractivity contribution in [2.24, 2.45) is 5.92 Å². The van der Waals surface area contributed by atoms with Crippen LogP contribution in [0, 0.1) is 19.8 Å². The van der Waals surface area contributed by atoms with Crippen LogP contribution in [0.3, 0.4) is 0 Å². The average Bonchev–Trinajstić information content (AvgIpc) is 2.77. The minimum atomic E-state index is 0.0188. The predicted molar refractivity (Wildman–Crippen MR) is 130 cm³/mol. The minimum Gasteiger partial charge on any atom is -0.338 e. The zero-order chi connectivity index (χ0) is 23.5. The number of amides is 2. The highest BCUT2D eigenvalue weighted by molar-refractivity contribution is 6.30. The van der Waals surface area contributed by atoms with Crippen molar-refractivity contribution < 1.29 is 9.59 Å². The Labute approximate surface area is 199 Å². The van der Waals surface area contributed by atoms with E-state index < -0.39 is 0 Å². The van der Waals surface area contributed by atoms with Gasteiger partial charge in [0, 0.05) is 48.8 Å². The summed E-state index contributed by atoms with van der Waals surface area (Å²) in [5.41, 5.74) is 5.39. The fraction of sp³-hybridized carbons (Fsp3) is 0.308. The van der Waals surface area contributed by atoms with Gasteiger partial charge in [0.25, 0.3) is 11.8 Å². The second-order valence-electron chi connectivity index (χ2n) is 8.80. The van der Waals surface area contributed by atoms with Gasteiger partial charge in [-0.05, 0) is 73.2 Å². The molecule has 2 aliphatic rings. The molecule has 0 saturated carbocycles. The highest BCUT2D eigenvalue weighted by atomic mass is 35.5. The number of pyridine rings is 2. The lowest BCUT2D eigenvalue weighted by Crippen LogP contribution is -2.48. The van der Waals surface area contributed by atoms with E-state index in [2.05, 4.69) is 16.9 Å². The lowest BCUT2D eigenvalue weighted by molar-refractivity contribution is 0.0529. The molecule has 1 aromatic carbocycles. The van der Waals surface area contributed by atoms with Gasteiger partial charge >= 0.3 is 0 Å². The first kappa shape index (κ1) is 22.9. The molecule has 5 rings (SSSR count). The van der Waals surface area contributed by atoms with E-state index in [4.69, 9.17) is 11.6 Å². The molecule has 170 valence electrons. The number of benzene rings is 1. The molecule has 0 bridgehead atoms. The Kier molecular flexibility index (Phi) is 6.75. The van der Waals surface area contributed by atoms with E-state index in [0.29, 0.717) is 23.0 Å². The van der Waals surface area contributed by atoms with Gasteiger partial charge in [0.05, 0.1) is 17.4 Å².